The lowest BCUT2D eigenvalue weighted by atomic mass is 10.0. The average molecular weight is 471 g/mol. The Balaban J connectivity index is 1.50. The Kier molecular flexibility index (Phi) is 7.77. The van der Waals surface area contributed by atoms with Gasteiger partial charge in [-0.15, -0.1) is 0 Å². The van der Waals surface area contributed by atoms with Crippen LogP contribution >= 0.6 is 0 Å². The van der Waals surface area contributed by atoms with Crippen molar-refractivity contribution in [1.29, 1.82) is 0 Å². The fraction of sp³-hybridized carbons (Fsp3) is 0.185. The van der Waals surface area contributed by atoms with E-state index in [9.17, 15) is 14.4 Å². The first kappa shape index (κ1) is 24.0. The number of anilines is 1. The van der Waals surface area contributed by atoms with Crippen LogP contribution in [-0.2, 0) is 16.1 Å². The zero-order valence-corrected chi connectivity index (χ0v) is 19.4. The van der Waals surface area contributed by atoms with Gasteiger partial charge in [0.15, 0.2) is 5.78 Å². The van der Waals surface area contributed by atoms with Crippen molar-refractivity contribution in [2.24, 2.45) is 0 Å². The summed E-state index contributed by atoms with van der Waals surface area (Å²) in [6.45, 7) is 1.12. The highest BCUT2D eigenvalue weighted by molar-refractivity contribution is 6.13. The number of carbonyl (C=O) groups excluding carboxylic acids is 2. The molecule has 0 bridgehead atoms. The number of hydrogen-bond acceptors (Lipinski definition) is 6. The lowest BCUT2D eigenvalue weighted by Gasteiger charge is -2.21. The molecule has 0 atom stereocenters. The highest BCUT2D eigenvalue weighted by Crippen LogP contribution is 2.19. The van der Waals surface area contributed by atoms with Crippen LogP contribution in [0.3, 0.4) is 0 Å². The van der Waals surface area contributed by atoms with E-state index < -0.39 is 0 Å². The van der Waals surface area contributed by atoms with Crippen molar-refractivity contribution in [3.63, 3.8) is 0 Å². The molecule has 1 aromatic heterocycles. The lowest BCUT2D eigenvalue weighted by Crippen LogP contribution is -2.36. The molecular formula is C27H26N4O4. The van der Waals surface area contributed by atoms with Gasteiger partial charge in [0.25, 0.3) is 5.56 Å². The van der Waals surface area contributed by atoms with E-state index in [0.29, 0.717) is 46.7 Å². The molecule has 4 aromatic rings. The number of rotatable bonds is 10. The maximum Gasteiger partial charge on any atom is 0.258 e. The van der Waals surface area contributed by atoms with Gasteiger partial charge in [-0.05, 0) is 24.3 Å². The minimum atomic E-state index is -0.294. The molecule has 1 heterocycles. The maximum atomic E-state index is 13.0. The van der Waals surface area contributed by atoms with Gasteiger partial charge in [0.1, 0.15) is 5.82 Å². The minimum Gasteiger partial charge on any atom is -0.383 e. The molecule has 0 aliphatic carbocycles. The molecule has 0 fully saturated rings. The van der Waals surface area contributed by atoms with Gasteiger partial charge in [-0.2, -0.15) is 0 Å². The molecule has 35 heavy (non-hydrogen) atoms. The molecule has 4 rings (SSSR count). The molecule has 3 aromatic carbocycles. The van der Waals surface area contributed by atoms with E-state index in [-0.39, 0.29) is 30.3 Å². The number of ketones is 1. The number of aromatic nitrogens is 2. The zero-order valence-electron chi connectivity index (χ0n) is 19.4. The topological polar surface area (TPSA) is 104 Å². The van der Waals surface area contributed by atoms with Crippen LogP contribution in [0, 0.1) is 0 Å². The van der Waals surface area contributed by atoms with Crippen molar-refractivity contribution >= 4 is 28.3 Å². The fourth-order valence-corrected chi connectivity index (χ4v) is 3.78. The van der Waals surface area contributed by atoms with Crippen molar-refractivity contribution < 1.29 is 14.3 Å². The second-order valence-corrected chi connectivity index (χ2v) is 8.02. The number of amides is 1. The van der Waals surface area contributed by atoms with E-state index in [1.165, 1.54) is 0 Å². The van der Waals surface area contributed by atoms with Gasteiger partial charge in [0.2, 0.25) is 5.91 Å². The monoisotopic (exact) mass is 470 g/mol. The molecular weight excluding hydrogens is 444 g/mol. The van der Waals surface area contributed by atoms with Crippen LogP contribution in [0.2, 0.25) is 0 Å². The number of fused-ring (bicyclic) bond motifs is 1. The Morgan fingerprint density at radius 3 is 2.49 bits per heavy atom. The highest BCUT2D eigenvalue weighted by Gasteiger charge is 2.17. The summed E-state index contributed by atoms with van der Waals surface area (Å²) < 4.78 is 5.19. The third-order valence-corrected chi connectivity index (χ3v) is 5.50. The highest BCUT2D eigenvalue weighted by atomic mass is 16.5. The van der Waals surface area contributed by atoms with Crippen LogP contribution in [0.25, 0.3) is 10.9 Å². The number of aromatic amines is 1. The Labute approximate surface area is 202 Å². The molecule has 0 spiro atoms. The smallest absolute Gasteiger partial charge is 0.258 e. The molecule has 0 saturated heterocycles. The summed E-state index contributed by atoms with van der Waals surface area (Å²) in [5, 5.41) is 3.37. The molecule has 1 amide bonds. The van der Waals surface area contributed by atoms with Gasteiger partial charge in [-0.25, -0.2) is 4.98 Å². The van der Waals surface area contributed by atoms with Gasteiger partial charge in [0, 0.05) is 24.8 Å². The first-order valence-corrected chi connectivity index (χ1v) is 11.2. The number of nitrogens with zero attached hydrogens (tertiary/aromatic N) is 2. The summed E-state index contributed by atoms with van der Waals surface area (Å²) in [6.07, 6.45) is 0. The third kappa shape index (κ3) is 6.06. The first-order valence-electron chi connectivity index (χ1n) is 11.2. The third-order valence-electron chi connectivity index (χ3n) is 5.50. The SMILES string of the molecule is COCCN(CC(=O)Nc1ccccc1C(=O)c1ccccc1)Cc1nc2ccccc2c(=O)[nH]1. The van der Waals surface area contributed by atoms with Crippen molar-refractivity contribution in [3.8, 4) is 0 Å². The number of para-hydroxylation sites is 2. The number of benzene rings is 3. The lowest BCUT2D eigenvalue weighted by molar-refractivity contribution is -0.117. The number of ether oxygens (including phenoxy) is 1. The van der Waals surface area contributed by atoms with Crippen molar-refractivity contribution in [1.82, 2.24) is 14.9 Å². The molecule has 178 valence electrons. The number of carbonyl (C=O) groups is 2. The Morgan fingerprint density at radius 2 is 1.69 bits per heavy atom. The Morgan fingerprint density at radius 1 is 0.971 bits per heavy atom. The minimum absolute atomic E-state index is 0.0216. The molecule has 2 N–H and O–H groups in total. The Bertz CT molecular complexity index is 1380. The van der Waals surface area contributed by atoms with E-state index in [4.69, 9.17) is 4.74 Å². The van der Waals surface area contributed by atoms with E-state index in [1.54, 1.807) is 73.8 Å². The van der Waals surface area contributed by atoms with Crippen molar-refractivity contribution in [3.05, 3.63) is 106 Å². The predicted molar refractivity (Wildman–Crippen MR) is 134 cm³/mol. The summed E-state index contributed by atoms with van der Waals surface area (Å²) in [5.74, 6) is -0.00881. The molecule has 8 nitrogen and oxygen atoms in total. The number of H-pyrrole nitrogens is 1. The van der Waals surface area contributed by atoms with E-state index in [2.05, 4.69) is 15.3 Å². The predicted octanol–water partition coefficient (Wildman–Crippen LogP) is 3.24. The molecule has 0 aliphatic heterocycles. The molecule has 0 radical (unpaired) electrons. The molecule has 0 saturated carbocycles. The quantitative estimate of drug-likeness (QED) is 0.345. The van der Waals surface area contributed by atoms with Crippen LogP contribution in [0.5, 0.6) is 0 Å². The van der Waals surface area contributed by atoms with Crippen LogP contribution in [-0.4, -0.2) is 53.4 Å². The number of nitrogens with one attached hydrogen (secondary N) is 2. The molecule has 0 aliphatic rings. The number of hydrogen-bond donors (Lipinski definition) is 2. The standard InChI is InChI=1S/C27H26N4O4/c1-35-16-15-31(17-24-28-23-14-8-6-12-21(23)27(34)30-24)18-25(32)29-22-13-7-5-11-20(22)26(33)19-9-3-2-4-10-19/h2-14H,15-18H2,1H3,(H,29,32)(H,28,30,34). The van der Waals surface area contributed by atoms with Gasteiger partial charge < -0.3 is 15.0 Å². The van der Waals surface area contributed by atoms with Crippen LogP contribution in [0.4, 0.5) is 5.69 Å². The van der Waals surface area contributed by atoms with Crippen LogP contribution in [0.1, 0.15) is 21.7 Å². The summed E-state index contributed by atoms with van der Waals surface area (Å²) >= 11 is 0. The number of methoxy groups -OCH3 is 1. The normalized spacial score (nSPS) is 11.0. The van der Waals surface area contributed by atoms with Crippen LogP contribution < -0.4 is 10.9 Å². The van der Waals surface area contributed by atoms with Crippen LogP contribution in [0.15, 0.2) is 83.7 Å². The molecule has 0 unspecified atom stereocenters. The second-order valence-electron chi connectivity index (χ2n) is 8.02. The van der Waals surface area contributed by atoms with Crippen molar-refractivity contribution in [2.45, 2.75) is 6.54 Å². The Hall–Kier alpha value is -4.14. The van der Waals surface area contributed by atoms with Gasteiger partial charge in [-0.3, -0.25) is 19.3 Å². The summed E-state index contributed by atoms with van der Waals surface area (Å²) in [5.41, 5.74) is 1.76. The summed E-state index contributed by atoms with van der Waals surface area (Å²) in [7, 11) is 1.58. The maximum absolute atomic E-state index is 13.0. The van der Waals surface area contributed by atoms with E-state index in [1.807, 2.05) is 17.0 Å². The summed E-state index contributed by atoms with van der Waals surface area (Å²) in [4.78, 5) is 47.5. The van der Waals surface area contributed by atoms with Gasteiger partial charge in [0.05, 0.1) is 36.3 Å². The van der Waals surface area contributed by atoms with Crippen molar-refractivity contribution in [2.75, 3.05) is 32.1 Å². The zero-order chi connectivity index (χ0) is 24.6. The fourth-order valence-electron chi connectivity index (χ4n) is 3.78. The largest absolute Gasteiger partial charge is 0.383 e. The first-order chi connectivity index (χ1) is 17.0. The van der Waals surface area contributed by atoms with Gasteiger partial charge in [-0.1, -0.05) is 54.6 Å². The van der Waals surface area contributed by atoms with Gasteiger partial charge >= 0.3 is 0 Å². The second kappa shape index (κ2) is 11.3. The van der Waals surface area contributed by atoms with E-state index in [0.717, 1.165) is 0 Å². The molecule has 8 heteroatoms. The summed E-state index contributed by atoms with van der Waals surface area (Å²) in [6, 6.07) is 23.0. The average Bonchev–Trinajstić information content (AvgIpc) is 2.88. The van der Waals surface area contributed by atoms with E-state index >= 15 is 0 Å².